The first-order chi connectivity index (χ1) is 14.6. The van der Waals surface area contributed by atoms with Gasteiger partial charge in [0.2, 0.25) is 5.91 Å². The van der Waals surface area contributed by atoms with Gasteiger partial charge in [-0.3, -0.25) is 9.78 Å². The van der Waals surface area contributed by atoms with Crippen LogP contribution in [0.15, 0.2) is 85.2 Å². The number of anilines is 1. The Morgan fingerprint density at radius 1 is 0.867 bits per heavy atom. The average molecular weight is 403 g/mol. The van der Waals surface area contributed by atoms with E-state index in [0.29, 0.717) is 19.4 Å². The molecule has 3 rings (SSSR count). The van der Waals surface area contributed by atoms with Crippen molar-refractivity contribution in [3.8, 4) is 0 Å². The van der Waals surface area contributed by atoms with Gasteiger partial charge in [-0.1, -0.05) is 60.7 Å². The summed E-state index contributed by atoms with van der Waals surface area (Å²) in [6.45, 7) is 0.602. The number of amides is 1. The van der Waals surface area contributed by atoms with E-state index in [4.69, 9.17) is 0 Å². The van der Waals surface area contributed by atoms with Gasteiger partial charge in [-0.25, -0.2) is 4.79 Å². The second kappa shape index (κ2) is 10.8. The van der Waals surface area contributed by atoms with Crippen molar-refractivity contribution in [2.24, 2.45) is 0 Å². The standard InChI is InChI=1S/C24H25N3O3/c28-23(22(18-8-3-1-4-9-18)19-10-5-2-6-11-19)27-21(24(29)30)12-7-15-26-20-13-16-25-17-14-20/h1-6,8-11,13-14,16-17,21-22H,7,12,15H2,(H,25,26)(H,27,28)(H,29,30)/t21-/m1/s1. The van der Waals surface area contributed by atoms with Crippen LogP contribution in [-0.2, 0) is 9.59 Å². The van der Waals surface area contributed by atoms with Crippen molar-refractivity contribution in [1.29, 1.82) is 0 Å². The Morgan fingerprint density at radius 2 is 1.43 bits per heavy atom. The Labute approximate surface area is 176 Å². The zero-order chi connectivity index (χ0) is 21.2. The molecule has 0 radical (unpaired) electrons. The van der Waals surface area contributed by atoms with Crippen molar-refractivity contribution in [2.75, 3.05) is 11.9 Å². The first kappa shape index (κ1) is 21.0. The van der Waals surface area contributed by atoms with E-state index in [1.54, 1.807) is 12.4 Å². The highest BCUT2D eigenvalue weighted by Gasteiger charge is 2.27. The Kier molecular flexibility index (Phi) is 7.55. The molecule has 0 unspecified atom stereocenters. The van der Waals surface area contributed by atoms with Crippen LogP contribution in [0.25, 0.3) is 0 Å². The predicted molar refractivity (Wildman–Crippen MR) is 116 cm³/mol. The smallest absolute Gasteiger partial charge is 0.326 e. The van der Waals surface area contributed by atoms with Gasteiger partial charge in [-0.15, -0.1) is 0 Å². The number of carboxylic acid groups (broad SMARTS) is 1. The topological polar surface area (TPSA) is 91.3 Å². The molecule has 0 aliphatic heterocycles. The normalized spacial score (nSPS) is 11.6. The molecule has 154 valence electrons. The molecule has 0 fully saturated rings. The zero-order valence-electron chi connectivity index (χ0n) is 16.6. The van der Waals surface area contributed by atoms with Gasteiger partial charge in [0.25, 0.3) is 0 Å². The summed E-state index contributed by atoms with van der Waals surface area (Å²) >= 11 is 0. The number of hydrogen-bond acceptors (Lipinski definition) is 4. The Balaban J connectivity index is 1.65. The maximum atomic E-state index is 13.1. The van der Waals surface area contributed by atoms with Gasteiger partial charge >= 0.3 is 5.97 Å². The molecule has 0 bridgehead atoms. The van der Waals surface area contributed by atoms with E-state index in [2.05, 4.69) is 15.6 Å². The number of hydrogen-bond donors (Lipinski definition) is 3. The van der Waals surface area contributed by atoms with Crippen LogP contribution in [0.1, 0.15) is 29.9 Å². The number of aliphatic carboxylic acids is 1. The molecular weight excluding hydrogens is 378 g/mol. The summed E-state index contributed by atoms with van der Waals surface area (Å²) in [5.74, 6) is -1.92. The lowest BCUT2D eigenvalue weighted by Crippen LogP contribution is -2.43. The van der Waals surface area contributed by atoms with Crippen molar-refractivity contribution < 1.29 is 14.7 Å². The number of carbonyl (C=O) groups excluding carboxylic acids is 1. The second-order valence-electron chi connectivity index (χ2n) is 6.96. The summed E-state index contributed by atoms with van der Waals surface area (Å²) < 4.78 is 0. The summed E-state index contributed by atoms with van der Waals surface area (Å²) in [5.41, 5.74) is 2.57. The molecule has 6 nitrogen and oxygen atoms in total. The van der Waals surface area contributed by atoms with Crippen molar-refractivity contribution in [1.82, 2.24) is 10.3 Å². The van der Waals surface area contributed by atoms with Gasteiger partial charge in [0.1, 0.15) is 6.04 Å². The maximum Gasteiger partial charge on any atom is 0.326 e. The SMILES string of the molecule is O=C(N[C@H](CCCNc1ccncc1)C(=O)O)C(c1ccccc1)c1ccccc1. The van der Waals surface area contributed by atoms with Crippen LogP contribution in [0.4, 0.5) is 5.69 Å². The van der Waals surface area contributed by atoms with Gasteiger partial charge in [0, 0.05) is 24.6 Å². The number of carbonyl (C=O) groups is 2. The first-order valence-corrected chi connectivity index (χ1v) is 9.92. The van der Waals surface area contributed by atoms with Crippen molar-refractivity contribution in [3.63, 3.8) is 0 Å². The molecule has 0 saturated heterocycles. The largest absolute Gasteiger partial charge is 0.480 e. The van der Waals surface area contributed by atoms with Gasteiger partial charge in [-0.2, -0.15) is 0 Å². The third-order valence-electron chi connectivity index (χ3n) is 4.82. The molecule has 3 N–H and O–H groups in total. The van der Waals surface area contributed by atoms with E-state index >= 15 is 0 Å². The van der Waals surface area contributed by atoms with Crippen LogP contribution in [0.3, 0.4) is 0 Å². The Bertz CT molecular complexity index is 894. The molecule has 6 heteroatoms. The second-order valence-corrected chi connectivity index (χ2v) is 6.96. The average Bonchev–Trinajstić information content (AvgIpc) is 2.78. The number of nitrogens with one attached hydrogen (secondary N) is 2. The molecule has 1 atom stereocenters. The highest BCUT2D eigenvalue weighted by molar-refractivity contribution is 5.90. The molecule has 2 aromatic carbocycles. The highest BCUT2D eigenvalue weighted by atomic mass is 16.4. The van der Waals surface area contributed by atoms with Crippen molar-refractivity contribution in [3.05, 3.63) is 96.3 Å². The Morgan fingerprint density at radius 3 is 1.97 bits per heavy atom. The van der Waals surface area contributed by atoms with Gasteiger partial charge < -0.3 is 15.7 Å². The van der Waals surface area contributed by atoms with Crippen molar-refractivity contribution >= 4 is 17.6 Å². The molecule has 0 saturated carbocycles. The lowest BCUT2D eigenvalue weighted by atomic mass is 9.90. The molecular formula is C24H25N3O3. The first-order valence-electron chi connectivity index (χ1n) is 9.92. The number of carboxylic acids is 1. The number of pyridine rings is 1. The molecule has 0 spiro atoms. The number of rotatable bonds is 10. The molecule has 30 heavy (non-hydrogen) atoms. The van der Waals surface area contributed by atoms with E-state index in [9.17, 15) is 14.7 Å². The van der Waals surface area contributed by atoms with E-state index < -0.39 is 17.9 Å². The zero-order valence-corrected chi connectivity index (χ0v) is 16.6. The summed E-state index contributed by atoms with van der Waals surface area (Å²) in [6.07, 6.45) is 4.31. The lowest BCUT2D eigenvalue weighted by Gasteiger charge is -2.21. The van der Waals surface area contributed by atoms with Crippen LogP contribution < -0.4 is 10.6 Å². The fourth-order valence-corrected chi connectivity index (χ4v) is 3.31. The van der Waals surface area contributed by atoms with Crippen LogP contribution in [0, 0.1) is 0 Å². The van der Waals surface area contributed by atoms with E-state index in [0.717, 1.165) is 16.8 Å². The molecule has 1 aromatic heterocycles. The lowest BCUT2D eigenvalue weighted by molar-refractivity contribution is -0.142. The summed E-state index contributed by atoms with van der Waals surface area (Å²) in [6, 6.07) is 21.5. The molecule has 3 aromatic rings. The van der Waals surface area contributed by atoms with Crippen LogP contribution in [0.5, 0.6) is 0 Å². The third-order valence-corrected chi connectivity index (χ3v) is 4.82. The molecule has 1 heterocycles. The number of nitrogens with zero attached hydrogens (tertiary/aromatic N) is 1. The summed E-state index contributed by atoms with van der Waals surface area (Å²) in [5, 5.41) is 15.6. The predicted octanol–water partition coefficient (Wildman–Crippen LogP) is 3.68. The number of benzene rings is 2. The summed E-state index contributed by atoms with van der Waals surface area (Å²) in [4.78, 5) is 28.8. The number of aromatic nitrogens is 1. The third kappa shape index (κ3) is 5.91. The van der Waals surface area contributed by atoms with Gasteiger partial charge in [0.05, 0.1) is 5.92 Å². The van der Waals surface area contributed by atoms with E-state index in [1.807, 2.05) is 72.8 Å². The highest BCUT2D eigenvalue weighted by Crippen LogP contribution is 2.25. The maximum absolute atomic E-state index is 13.1. The fourth-order valence-electron chi connectivity index (χ4n) is 3.31. The molecule has 0 aliphatic rings. The van der Waals surface area contributed by atoms with Gasteiger partial charge in [0.15, 0.2) is 0 Å². The molecule has 0 aliphatic carbocycles. The minimum absolute atomic E-state index is 0.318. The monoisotopic (exact) mass is 403 g/mol. The van der Waals surface area contributed by atoms with E-state index in [1.165, 1.54) is 0 Å². The quantitative estimate of drug-likeness (QED) is 0.449. The van der Waals surface area contributed by atoms with E-state index in [-0.39, 0.29) is 5.91 Å². The minimum Gasteiger partial charge on any atom is -0.480 e. The molecule has 1 amide bonds. The van der Waals surface area contributed by atoms with Crippen LogP contribution >= 0.6 is 0 Å². The fraction of sp³-hybridized carbons (Fsp3) is 0.208. The minimum atomic E-state index is -1.04. The Hall–Kier alpha value is -3.67. The van der Waals surface area contributed by atoms with Crippen molar-refractivity contribution in [2.45, 2.75) is 24.8 Å². The summed E-state index contributed by atoms with van der Waals surface area (Å²) in [7, 11) is 0. The van der Waals surface area contributed by atoms with Crippen LogP contribution in [-0.4, -0.2) is 34.6 Å². The van der Waals surface area contributed by atoms with Gasteiger partial charge in [-0.05, 0) is 36.1 Å². The van der Waals surface area contributed by atoms with Crippen LogP contribution in [0.2, 0.25) is 0 Å².